The van der Waals surface area contributed by atoms with Gasteiger partial charge in [0.2, 0.25) is 0 Å². The Morgan fingerprint density at radius 2 is 2.25 bits per heavy atom. The summed E-state index contributed by atoms with van der Waals surface area (Å²) in [5, 5.41) is 1.19. The molecule has 0 aliphatic carbocycles. The van der Waals surface area contributed by atoms with Gasteiger partial charge in [0.1, 0.15) is 5.75 Å². The number of hydrogen-bond acceptors (Lipinski definition) is 4. The fourth-order valence-electron chi connectivity index (χ4n) is 1.61. The molecule has 4 heteroatoms. The zero-order chi connectivity index (χ0) is 11.4. The number of unbranched alkanes of at least 4 members (excludes halogenated alkanes) is 1. The number of nitrogens with zero attached hydrogens (tertiary/aromatic N) is 1. The Hall–Kier alpha value is -1.13. The van der Waals surface area contributed by atoms with Gasteiger partial charge in [0.05, 0.1) is 22.3 Å². The lowest BCUT2D eigenvalue weighted by atomic mass is 10.2. The summed E-state index contributed by atoms with van der Waals surface area (Å²) in [6, 6.07) is 6.00. The van der Waals surface area contributed by atoms with Crippen LogP contribution in [-0.4, -0.2) is 18.6 Å². The van der Waals surface area contributed by atoms with Crippen LogP contribution in [0.15, 0.2) is 18.2 Å². The Balaban J connectivity index is 2.16. The molecule has 2 N–H and O–H groups in total. The number of rotatable bonds is 5. The Kier molecular flexibility index (Phi) is 3.74. The fraction of sp³-hybridized carbons (Fsp3) is 0.417. The smallest absolute Gasteiger partial charge is 0.120 e. The predicted octanol–water partition coefficient (Wildman–Crippen LogP) is 2.59. The molecular weight excluding hydrogens is 220 g/mol. The van der Waals surface area contributed by atoms with Crippen LogP contribution in [-0.2, 0) is 6.42 Å². The van der Waals surface area contributed by atoms with Gasteiger partial charge in [-0.3, -0.25) is 0 Å². The van der Waals surface area contributed by atoms with Crippen LogP contribution < -0.4 is 10.5 Å². The van der Waals surface area contributed by atoms with Crippen molar-refractivity contribution in [3.8, 4) is 5.75 Å². The first-order valence-corrected chi connectivity index (χ1v) is 6.28. The van der Waals surface area contributed by atoms with E-state index in [0.717, 1.165) is 37.1 Å². The molecule has 1 aromatic heterocycles. The average molecular weight is 236 g/mol. The topological polar surface area (TPSA) is 48.1 Å². The molecule has 86 valence electrons. The molecule has 1 heterocycles. The lowest BCUT2D eigenvalue weighted by Gasteiger charge is -1.96. The first-order valence-electron chi connectivity index (χ1n) is 5.47. The van der Waals surface area contributed by atoms with Crippen molar-refractivity contribution in [2.75, 3.05) is 13.7 Å². The van der Waals surface area contributed by atoms with Gasteiger partial charge < -0.3 is 10.5 Å². The number of fused-ring (bicyclic) bond motifs is 1. The van der Waals surface area contributed by atoms with Gasteiger partial charge in [-0.05, 0) is 44.0 Å². The molecule has 0 unspecified atom stereocenters. The third-order valence-electron chi connectivity index (χ3n) is 2.48. The zero-order valence-electron chi connectivity index (χ0n) is 9.40. The lowest BCUT2D eigenvalue weighted by Crippen LogP contribution is -1.98. The van der Waals surface area contributed by atoms with E-state index in [-0.39, 0.29) is 0 Å². The normalized spacial score (nSPS) is 10.9. The van der Waals surface area contributed by atoms with E-state index < -0.39 is 0 Å². The van der Waals surface area contributed by atoms with E-state index in [1.165, 1.54) is 9.71 Å². The highest BCUT2D eigenvalue weighted by Crippen LogP contribution is 2.26. The molecule has 2 rings (SSSR count). The number of methoxy groups -OCH3 is 1. The van der Waals surface area contributed by atoms with Gasteiger partial charge >= 0.3 is 0 Å². The molecule has 1 aromatic carbocycles. The molecule has 0 radical (unpaired) electrons. The van der Waals surface area contributed by atoms with Gasteiger partial charge in [-0.2, -0.15) is 0 Å². The number of ether oxygens (including phenoxy) is 1. The molecule has 3 nitrogen and oxygen atoms in total. The van der Waals surface area contributed by atoms with Crippen LogP contribution in [0.1, 0.15) is 17.8 Å². The number of hydrogen-bond donors (Lipinski definition) is 1. The highest BCUT2D eigenvalue weighted by Gasteiger charge is 2.04. The molecule has 16 heavy (non-hydrogen) atoms. The SMILES string of the molecule is COc1ccc2nc(CCCCN)sc2c1. The molecule has 0 aliphatic rings. The van der Waals surface area contributed by atoms with Crippen molar-refractivity contribution in [2.45, 2.75) is 19.3 Å². The maximum atomic E-state index is 5.47. The minimum absolute atomic E-state index is 0.763. The molecule has 0 saturated heterocycles. The number of aryl methyl sites for hydroxylation is 1. The molecule has 0 atom stereocenters. The summed E-state index contributed by atoms with van der Waals surface area (Å²) in [7, 11) is 1.68. The minimum Gasteiger partial charge on any atom is -0.497 e. The molecule has 0 bridgehead atoms. The van der Waals surface area contributed by atoms with E-state index in [9.17, 15) is 0 Å². The summed E-state index contributed by atoms with van der Waals surface area (Å²) >= 11 is 1.75. The maximum absolute atomic E-state index is 5.47. The fourth-order valence-corrected chi connectivity index (χ4v) is 2.64. The van der Waals surface area contributed by atoms with E-state index in [1.807, 2.05) is 18.2 Å². The third kappa shape index (κ3) is 2.51. The number of aromatic nitrogens is 1. The second kappa shape index (κ2) is 5.27. The molecule has 0 fully saturated rings. The second-order valence-electron chi connectivity index (χ2n) is 3.69. The van der Waals surface area contributed by atoms with Crippen molar-refractivity contribution < 1.29 is 4.74 Å². The van der Waals surface area contributed by atoms with Crippen LogP contribution >= 0.6 is 11.3 Å². The van der Waals surface area contributed by atoms with Crippen molar-refractivity contribution >= 4 is 21.6 Å². The average Bonchev–Trinajstić information content (AvgIpc) is 2.70. The Morgan fingerprint density at radius 3 is 3.00 bits per heavy atom. The predicted molar refractivity (Wildman–Crippen MR) is 68.2 cm³/mol. The Morgan fingerprint density at radius 1 is 1.38 bits per heavy atom. The molecule has 0 saturated carbocycles. The molecule has 0 amide bonds. The van der Waals surface area contributed by atoms with Crippen molar-refractivity contribution in [3.63, 3.8) is 0 Å². The number of thiazole rings is 1. The van der Waals surface area contributed by atoms with Gasteiger partial charge in [0.15, 0.2) is 0 Å². The van der Waals surface area contributed by atoms with Crippen LogP contribution in [0, 0.1) is 0 Å². The third-order valence-corrected chi connectivity index (χ3v) is 3.56. The summed E-state index contributed by atoms with van der Waals surface area (Å²) < 4.78 is 6.39. The van der Waals surface area contributed by atoms with Crippen molar-refractivity contribution in [1.82, 2.24) is 4.98 Å². The van der Waals surface area contributed by atoms with Crippen LogP contribution in [0.4, 0.5) is 0 Å². The van der Waals surface area contributed by atoms with Crippen molar-refractivity contribution in [3.05, 3.63) is 23.2 Å². The minimum atomic E-state index is 0.763. The van der Waals surface area contributed by atoms with E-state index in [2.05, 4.69) is 4.98 Å². The van der Waals surface area contributed by atoms with Crippen LogP contribution in [0.2, 0.25) is 0 Å². The van der Waals surface area contributed by atoms with E-state index >= 15 is 0 Å². The summed E-state index contributed by atoms with van der Waals surface area (Å²) in [6.07, 6.45) is 3.21. The van der Waals surface area contributed by atoms with Crippen molar-refractivity contribution in [2.24, 2.45) is 5.73 Å². The number of nitrogens with two attached hydrogens (primary N) is 1. The van der Waals surface area contributed by atoms with Crippen LogP contribution in [0.25, 0.3) is 10.2 Å². The summed E-state index contributed by atoms with van der Waals surface area (Å²) in [5.41, 5.74) is 6.54. The van der Waals surface area contributed by atoms with Gasteiger partial charge in [-0.25, -0.2) is 4.98 Å². The number of benzene rings is 1. The molecule has 0 aliphatic heterocycles. The standard InChI is InChI=1S/C12H16N2OS/c1-15-9-5-6-10-11(8-9)16-12(14-10)4-2-3-7-13/h5-6,8H,2-4,7,13H2,1H3. The molecule has 2 aromatic rings. The quantitative estimate of drug-likeness (QED) is 0.812. The first-order chi connectivity index (χ1) is 7.83. The second-order valence-corrected chi connectivity index (χ2v) is 4.80. The lowest BCUT2D eigenvalue weighted by molar-refractivity contribution is 0.415. The summed E-state index contributed by atoms with van der Waals surface area (Å²) in [5.74, 6) is 0.893. The van der Waals surface area contributed by atoms with E-state index in [4.69, 9.17) is 10.5 Å². The largest absolute Gasteiger partial charge is 0.497 e. The van der Waals surface area contributed by atoms with Crippen LogP contribution in [0.3, 0.4) is 0 Å². The zero-order valence-corrected chi connectivity index (χ0v) is 10.2. The highest BCUT2D eigenvalue weighted by atomic mass is 32.1. The van der Waals surface area contributed by atoms with Gasteiger partial charge in [-0.15, -0.1) is 11.3 Å². The molecule has 0 spiro atoms. The van der Waals surface area contributed by atoms with Gasteiger partial charge in [0, 0.05) is 0 Å². The summed E-state index contributed by atoms with van der Waals surface area (Å²) in [6.45, 7) is 0.763. The summed E-state index contributed by atoms with van der Waals surface area (Å²) in [4.78, 5) is 4.58. The molecular formula is C12H16N2OS. The van der Waals surface area contributed by atoms with Crippen LogP contribution in [0.5, 0.6) is 5.75 Å². The van der Waals surface area contributed by atoms with Gasteiger partial charge in [0.25, 0.3) is 0 Å². The Labute approximate surface area is 99.3 Å². The Bertz CT molecular complexity index is 467. The van der Waals surface area contributed by atoms with Crippen molar-refractivity contribution in [1.29, 1.82) is 0 Å². The first kappa shape index (κ1) is 11.4. The van der Waals surface area contributed by atoms with E-state index in [1.54, 1.807) is 18.4 Å². The maximum Gasteiger partial charge on any atom is 0.120 e. The van der Waals surface area contributed by atoms with E-state index in [0.29, 0.717) is 0 Å². The van der Waals surface area contributed by atoms with Gasteiger partial charge in [-0.1, -0.05) is 0 Å². The highest BCUT2D eigenvalue weighted by molar-refractivity contribution is 7.18. The monoisotopic (exact) mass is 236 g/mol.